The smallest absolute Gasteiger partial charge is 0.317 e. The number of allylic oxidation sites excluding steroid dienone is 1. The number of hydrogen-bond acceptors (Lipinski definition) is 3. The van der Waals surface area contributed by atoms with Crippen LogP contribution in [0.4, 0.5) is 4.79 Å². The van der Waals surface area contributed by atoms with E-state index >= 15 is 0 Å². The zero-order valence-corrected chi connectivity index (χ0v) is 14.1. The molecule has 2 aliphatic heterocycles. The van der Waals surface area contributed by atoms with E-state index in [4.69, 9.17) is 0 Å². The average molecular weight is 329 g/mol. The summed E-state index contributed by atoms with van der Waals surface area (Å²) in [5.74, 6) is 0.900. The number of urea groups is 1. The molecule has 0 unspecified atom stereocenters. The van der Waals surface area contributed by atoms with Gasteiger partial charge in [-0.25, -0.2) is 17.5 Å². The van der Waals surface area contributed by atoms with Crippen molar-refractivity contribution in [2.75, 3.05) is 39.0 Å². The van der Waals surface area contributed by atoms with Crippen LogP contribution in [0, 0.1) is 11.8 Å². The number of carbonyl (C=O) groups excluding carboxylic acids is 1. The molecule has 0 atom stereocenters. The highest BCUT2D eigenvalue weighted by molar-refractivity contribution is 7.88. The fraction of sp³-hybridized carbons (Fsp3) is 0.800. The number of nitrogens with zero attached hydrogens (tertiary/aromatic N) is 2. The molecule has 2 saturated heterocycles. The Bertz CT molecular complexity index is 490. The van der Waals surface area contributed by atoms with Crippen molar-refractivity contribution in [1.82, 2.24) is 14.5 Å². The number of hydrogen-bond donors (Lipinski definition) is 1. The highest BCUT2D eigenvalue weighted by atomic mass is 32.2. The van der Waals surface area contributed by atoms with Gasteiger partial charge in [0.1, 0.15) is 0 Å². The van der Waals surface area contributed by atoms with Crippen LogP contribution in [-0.4, -0.2) is 62.6 Å². The minimum absolute atomic E-state index is 0.00746. The molecule has 0 radical (unpaired) electrons. The van der Waals surface area contributed by atoms with E-state index < -0.39 is 10.0 Å². The Balaban J connectivity index is 1.69. The number of carbonyl (C=O) groups is 1. The van der Waals surface area contributed by atoms with Gasteiger partial charge >= 0.3 is 6.03 Å². The third-order valence-electron chi connectivity index (χ3n) is 4.74. The quantitative estimate of drug-likeness (QED) is 0.790. The van der Waals surface area contributed by atoms with Gasteiger partial charge in [0.15, 0.2) is 0 Å². The van der Waals surface area contributed by atoms with Gasteiger partial charge in [-0.1, -0.05) is 6.08 Å². The first-order chi connectivity index (χ1) is 10.4. The lowest BCUT2D eigenvalue weighted by atomic mass is 9.97. The number of sulfonamides is 1. The molecular weight excluding hydrogens is 302 g/mol. The number of likely N-dealkylation sites (tertiary alicyclic amines) is 1. The molecule has 1 N–H and O–H groups in total. The topological polar surface area (TPSA) is 69.7 Å². The molecule has 0 aliphatic carbocycles. The largest absolute Gasteiger partial charge is 0.338 e. The summed E-state index contributed by atoms with van der Waals surface area (Å²) >= 11 is 0. The molecular formula is C15H27N3O3S. The zero-order valence-electron chi connectivity index (χ0n) is 13.3. The molecule has 0 aromatic rings. The fourth-order valence-corrected chi connectivity index (χ4v) is 4.00. The van der Waals surface area contributed by atoms with E-state index in [1.165, 1.54) is 10.6 Å². The van der Waals surface area contributed by atoms with E-state index in [9.17, 15) is 13.2 Å². The zero-order chi connectivity index (χ0) is 16.2. The molecule has 2 fully saturated rings. The van der Waals surface area contributed by atoms with E-state index in [0.29, 0.717) is 31.5 Å². The minimum Gasteiger partial charge on any atom is -0.338 e. The molecule has 0 aromatic heterocycles. The SMILES string of the molecule is C=CC1CCN(C(=O)NCC2CCN(S(C)(=O)=O)CC2)CC1. The summed E-state index contributed by atoms with van der Waals surface area (Å²) in [6.45, 7) is 7.14. The van der Waals surface area contributed by atoms with Crippen LogP contribution < -0.4 is 5.32 Å². The van der Waals surface area contributed by atoms with E-state index in [0.717, 1.165) is 38.8 Å². The lowest BCUT2D eigenvalue weighted by molar-refractivity contribution is 0.174. The molecule has 0 saturated carbocycles. The van der Waals surface area contributed by atoms with Gasteiger partial charge in [-0.05, 0) is 37.5 Å². The lowest BCUT2D eigenvalue weighted by Crippen LogP contribution is -2.47. The Hall–Kier alpha value is -1.08. The van der Waals surface area contributed by atoms with Crippen LogP contribution in [0.15, 0.2) is 12.7 Å². The van der Waals surface area contributed by atoms with Gasteiger partial charge in [0.05, 0.1) is 6.26 Å². The van der Waals surface area contributed by atoms with Crippen molar-refractivity contribution in [3.05, 3.63) is 12.7 Å². The second-order valence-electron chi connectivity index (χ2n) is 6.35. The van der Waals surface area contributed by atoms with Gasteiger partial charge in [0.2, 0.25) is 10.0 Å². The van der Waals surface area contributed by atoms with Gasteiger partial charge in [-0.2, -0.15) is 0 Å². The number of rotatable bonds is 4. The van der Waals surface area contributed by atoms with Crippen LogP contribution in [0.3, 0.4) is 0 Å². The van der Waals surface area contributed by atoms with Crippen LogP contribution >= 0.6 is 0 Å². The summed E-state index contributed by atoms with van der Waals surface area (Å²) < 4.78 is 24.4. The maximum Gasteiger partial charge on any atom is 0.317 e. The van der Waals surface area contributed by atoms with Crippen LogP contribution in [0.25, 0.3) is 0 Å². The van der Waals surface area contributed by atoms with Crippen LogP contribution in [-0.2, 0) is 10.0 Å². The molecule has 0 aromatic carbocycles. The van der Waals surface area contributed by atoms with E-state index in [2.05, 4.69) is 11.9 Å². The van der Waals surface area contributed by atoms with Gasteiger partial charge < -0.3 is 10.2 Å². The van der Waals surface area contributed by atoms with Crippen molar-refractivity contribution in [2.45, 2.75) is 25.7 Å². The Morgan fingerprint density at radius 1 is 1.18 bits per heavy atom. The molecule has 2 amide bonds. The second-order valence-corrected chi connectivity index (χ2v) is 8.33. The number of piperidine rings is 2. The Kier molecular flexibility index (Phi) is 5.86. The summed E-state index contributed by atoms with van der Waals surface area (Å²) in [7, 11) is -3.08. The molecule has 22 heavy (non-hydrogen) atoms. The maximum atomic E-state index is 12.1. The van der Waals surface area contributed by atoms with Crippen molar-refractivity contribution in [1.29, 1.82) is 0 Å². The van der Waals surface area contributed by atoms with Crippen molar-refractivity contribution in [3.8, 4) is 0 Å². The standard InChI is InChI=1S/C15H27N3O3S/c1-3-13-4-8-17(9-5-13)15(19)16-12-14-6-10-18(11-7-14)22(2,20)21/h3,13-14H,1,4-12H2,2H3,(H,16,19). The fourth-order valence-electron chi connectivity index (χ4n) is 3.13. The average Bonchev–Trinajstić information content (AvgIpc) is 2.52. The molecule has 0 spiro atoms. The van der Waals surface area contributed by atoms with Crippen molar-refractivity contribution in [3.63, 3.8) is 0 Å². The summed E-state index contributed by atoms with van der Waals surface area (Å²) in [5, 5.41) is 3.00. The first-order valence-corrected chi connectivity index (χ1v) is 9.85. The normalized spacial score (nSPS) is 22.5. The van der Waals surface area contributed by atoms with E-state index in [1.807, 2.05) is 11.0 Å². The first kappa shape index (κ1) is 17.3. The Morgan fingerprint density at radius 3 is 2.27 bits per heavy atom. The molecule has 2 rings (SSSR count). The maximum absolute atomic E-state index is 12.1. The van der Waals surface area contributed by atoms with Crippen LogP contribution in [0.5, 0.6) is 0 Å². The third kappa shape index (κ3) is 4.71. The molecule has 0 bridgehead atoms. The van der Waals surface area contributed by atoms with E-state index in [-0.39, 0.29) is 6.03 Å². The van der Waals surface area contributed by atoms with Crippen molar-refractivity contribution >= 4 is 16.1 Å². The van der Waals surface area contributed by atoms with Crippen LogP contribution in [0.2, 0.25) is 0 Å². The van der Waals surface area contributed by atoms with Gasteiger partial charge in [-0.3, -0.25) is 0 Å². The third-order valence-corrected chi connectivity index (χ3v) is 6.05. The second kappa shape index (κ2) is 7.46. The first-order valence-electron chi connectivity index (χ1n) is 8.00. The monoisotopic (exact) mass is 329 g/mol. The number of amides is 2. The van der Waals surface area contributed by atoms with Gasteiger partial charge in [0, 0.05) is 32.7 Å². The summed E-state index contributed by atoms with van der Waals surface area (Å²) in [4.78, 5) is 14.0. The van der Waals surface area contributed by atoms with Gasteiger partial charge in [0.25, 0.3) is 0 Å². The van der Waals surface area contributed by atoms with Crippen molar-refractivity contribution in [2.24, 2.45) is 11.8 Å². The molecule has 2 heterocycles. The number of nitrogens with one attached hydrogen (secondary N) is 1. The highest BCUT2D eigenvalue weighted by Crippen LogP contribution is 2.20. The summed E-state index contributed by atoms with van der Waals surface area (Å²) in [5.41, 5.74) is 0. The molecule has 7 heteroatoms. The highest BCUT2D eigenvalue weighted by Gasteiger charge is 2.26. The van der Waals surface area contributed by atoms with Crippen molar-refractivity contribution < 1.29 is 13.2 Å². The predicted molar refractivity (Wildman–Crippen MR) is 87.0 cm³/mol. The molecule has 126 valence electrons. The van der Waals surface area contributed by atoms with Gasteiger partial charge in [-0.15, -0.1) is 6.58 Å². The molecule has 2 aliphatic rings. The minimum atomic E-state index is -3.08. The summed E-state index contributed by atoms with van der Waals surface area (Å²) in [6.07, 6.45) is 6.83. The summed E-state index contributed by atoms with van der Waals surface area (Å²) in [6, 6.07) is 0.00746. The van der Waals surface area contributed by atoms with E-state index in [1.54, 1.807) is 0 Å². The molecule has 6 nitrogen and oxygen atoms in total. The lowest BCUT2D eigenvalue weighted by Gasteiger charge is -2.33. The predicted octanol–water partition coefficient (Wildman–Crippen LogP) is 1.27. The Morgan fingerprint density at radius 2 is 1.77 bits per heavy atom. The Labute approximate surface area is 133 Å². The van der Waals surface area contributed by atoms with Crippen LogP contribution in [0.1, 0.15) is 25.7 Å².